The third-order valence-corrected chi connectivity index (χ3v) is 2.99. The highest BCUT2D eigenvalue weighted by Gasteiger charge is 2.14. The Hall–Kier alpha value is -1.46. The average Bonchev–Trinajstić information content (AvgIpc) is 2.84. The molecule has 0 atom stereocenters. The van der Waals surface area contributed by atoms with E-state index in [1.165, 1.54) is 6.20 Å². The van der Waals surface area contributed by atoms with Crippen molar-refractivity contribution in [3.05, 3.63) is 46.7 Å². The van der Waals surface area contributed by atoms with E-state index in [-0.39, 0.29) is 5.91 Å². The Labute approximate surface area is 108 Å². The van der Waals surface area contributed by atoms with Gasteiger partial charge in [-0.1, -0.05) is 23.7 Å². The summed E-state index contributed by atoms with van der Waals surface area (Å²) in [6.45, 7) is 0.521. The van der Waals surface area contributed by atoms with Gasteiger partial charge in [0, 0.05) is 18.6 Å². The van der Waals surface area contributed by atoms with Crippen LogP contribution < -0.4 is 0 Å². The van der Waals surface area contributed by atoms with E-state index in [2.05, 4.69) is 8.75 Å². The monoisotopic (exact) mass is 267 g/mol. The molecule has 0 bridgehead atoms. The highest BCUT2D eigenvalue weighted by Crippen LogP contribution is 2.12. The van der Waals surface area contributed by atoms with Gasteiger partial charge in [-0.3, -0.25) is 4.79 Å². The van der Waals surface area contributed by atoms with E-state index in [4.69, 9.17) is 11.6 Å². The molecule has 0 aliphatic rings. The summed E-state index contributed by atoms with van der Waals surface area (Å²) in [6.07, 6.45) is 1.48. The number of aromatic nitrogens is 2. The van der Waals surface area contributed by atoms with E-state index in [1.54, 1.807) is 24.1 Å². The zero-order valence-electron chi connectivity index (χ0n) is 9.13. The van der Waals surface area contributed by atoms with Gasteiger partial charge >= 0.3 is 0 Å². The lowest BCUT2D eigenvalue weighted by molar-refractivity contribution is 0.0780. The standard InChI is InChI=1S/C11H10ClN3OS/c1-15(11(16)10-6-13-17-14-10)7-8-2-4-9(12)5-3-8/h2-6H,7H2,1H3. The smallest absolute Gasteiger partial charge is 0.275 e. The lowest BCUT2D eigenvalue weighted by atomic mass is 10.2. The number of benzene rings is 1. The van der Waals surface area contributed by atoms with Crippen LogP contribution in [-0.2, 0) is 6.54 Å². The minimum atomic E-state index is -0.131. The Morgan fingerprint density at radius 3 is 2.71 bits per heavy atom. The minimum absolute atomic E-state index is 0.131. The number of halogens is 1. The molecule has 0 unspecified atom stereocenters. The molecule has 2 rings (SSSR count). The van der Waals surface area contributed by atoms with E-state index >= 15 is 0 Å². The van der Waals surface area contributed by atoms with Crippen LogP contribution in [0.4, 0.5) is 0 Å². The SMILES string of the molecule is CN(Cc1ccc(Cl)cc1)C(=O)c1cnsn1. The molecule has 0 saturated carbocycles. The summed E-state index contributed by atoms with van der Waals surface area (Å²) < 4.78 is 7.72. The van der Waals surface area contributed by atoms with Crippen LogP contribution in [0, 0.1) is 0 Å². The van der Waals surface area contributed by atoms with Crippen molar-refractivity contribution in [2.45, 2.75) is 6.54 Å². The van der Waals surface area contributed by atoms with Gasteiger partial charge in [0.1, 0.15) is 0 Å². The Bertz CT molecular complexity index is 498. The van der Waals surface area contributed by atoms with Gasteiger partial charge in [0.25, 0.3) is 5.91 Å². The number of rotatable bonds is 3. The molecule has 0 aliphatic carbocycles. The van der Waals surface area contributed by atoms with Crippen molar-refractivity contribution < 1.29 is 4.79 Å². The Balaban J connectivity index is 2.04. The van der Waals surface area contributed by atoms with Gasteiger partial charge < -0.3 is 4.90 Å². The first-order valence-electron chi connectivity index (χ1n) is 4.94. The molecule has 1 heterocycles. The lowest BCUT2D eigenvalue weighted by Crippen LogP contribution is -2.26. The Morgan fingerprint density at radius 2 is 2.12 bits per heavy atom. The number of nitrogens with zero attached hydrogens (tertiary/aromatic N) is 3. The molecule has 2 aromatic rings. The third-order valence-electron chi connectivity index (χ3n) is 2.26. The van der Waals surface area contributed by atoms with Crippen molar-refractivity contribution >= 4 is 29.2 Å². The van der Waals surface area contributed by atoms with Gasteiger partial charge in [-0.25, -0.2) is 0 Å². The quantitative estimate of drug-likeness (QED) is 0.858. The molecule has 0 fully saturated rings. The Morgan fingerprint density at radius 1 is 1.41 bits per heavy atom. The molecule has 1 aromatic heterocycles. The van der Waals surface area contributed by atoms with Crippen molar-refractivity contribution in [3.8, 4) is 0 Å². The molecule has 88 valence electrons. The fraction of sp³-hybridized carbons (Fsp3) is 0.182. The zero-order valence-corrected chi connectivity index (χ0v) is 10.7. The van der Waals surface area contributed by atoms with Crippen molar-refractivity contribution in [1.29, 1.82) is 0 Å². The maximum Gasteiger partial charge on any atom is 0.275 e. The number of carbonyl (C=O) groups excluding carboxylic acids is 1. The van der Waals surface area contributed by atoms with Gasteiger partial charge in [0.2, 0.25) is 0 Å². The maximum atomic E-state index is 11.9. The fourth-order valence-electron chi connectivity index (χ4n) is 1.39. The third kappa shape index (κ3) is 3.01. The predicted molar refractivity (Wildman–Crippen MR) is 67.2 cm³/mol. The van der Waals surface area contributed by atoms with Crippen LogP contribution in [0.5, 0.6) is 0 Å². The van der Waals surface area contributed by atoms with E-state index in [1.807, 2.05) is 12.1 Å². The average molecular weight is 268 g/mol. The van der Waals surface area contributed by atoms with Gasteiger partial charge in [-0.05, 0) is 17.7 Å². The van der Waals surface area contributed by atoms with Gasteiger partial charge in [-0.15, -0.1) is 0 Å². The van der Waals surface area contributed by atoms with Gasteiger partial charge in [0.05, 0.1) is 17.9 Å². The van der Waals surface area contributed by atoms with Crippen LogP contribution in [0.1, 0.15) is 16.1 Å². The van der Waals surface area contributed by atoms with Crippen molar-refractivity contribution in [2.75, 3.05) is 7.05 Å². The van der Waals surface area contributed by atoms with Crippen molar-refractivity contribution in [1.82, 2.24) is 13.6 Å². The molecule has 0 saturated heterocycles. The minimum Gasteiger partial charge on any atom is -0.336 e. The predicted octanol–water partition coefficient (Wildman–Crippen LogP) is 2.46. The van der Waals surface area contributed by atoms with E-state index in [9.17, 15) is 4.79 Å². The highest BCUT2D eigenvalue weighted by molar-refractivity contribution is 6.99. The topological polar surface area (TPSA) is 46.1 Å². The van der Waals surface area contributed by atoms with Crippen LogP contribution in [-0.4, -0.2) is 26.6 Å². The molecule has 1 aromatic carbocycles. The summed E-state index contributed by atoms with van der Waals surface area (Å²) in [5, 5.41) is 0.687. The molecule has 6 heteroatoms. The van der Waals surface area contributed by atoms with Crippen LogP contribution in [0.25, 0.3) is 0 Å². The number of hydrogen-bond donors (Lipinski definition) is 0. The van der Waals surface area contributed by atoms with E-state index < -0.39 is 0 Å². The van der Waals surface area contributed by atoms with Gasteiger partial charge in [0.15, 0.2) is 5.69 Å². The summed E-state index contributed by atoms with van der Waals surface area (Å²) >= 11 is 6.82. The number of carbonyl (C=O) groups is 1. The second-order valence-corrected chi connectivity index (χ2v) is 4.57. The van der Waals surface area contributed by atoms with Crippen LogP contribution in [0.3, 0.4) is 0 Å². The van der Waals surface area contributed by atoms with Crippen LogP contribution in [0.15, 0.2) is 30.5 Å². The summed E-state index contributed by atoms with van der Waals surface area (Å²) in [7, 11) is 1.73. The molecule has 4 nitrogen and oxygen atoms in total. The summed E-state index contributed by atoms with van der Waals surface area (Å²) in [6, 6.07) is 7.40. The van der Waals surface area contributed by atoms with Crippen LogP contribution >= 0.6 is 23.3 Å². The Kier molecular flexibility index (Phi) is 3.71. The summed E-state index contributed by atoms with van der Waals surface area (Å²) in [4.78, 5) is 13.5. The molecular formula is C11H10ClN3OS. The molecule has 0 aliphatic heterocycles. The van der Waals surface area contributed by atoms with Crippen molar-refractivity contribution in [3.63, 3.8) is 0 Å². The second-order valence-electron chi connectivity index (χ2n) is 3.58. The first-order chi connectivity index (χ1) is 8.16. The fourth-order valence-corrected chi connectivity index (χ4v) is 1.92. The summed E-state index contributed by atoms with van der Waals surface area (Å²) in [5.74, 6) is -0.131. The molecule has 1 amide bonds. The van der Waals surface area contributed by atoms with E-state index in [0.29, 0.717) is 17.3 Å². The van der Waals surface area contributed by atoms with Crippen LogP contribution in [0.2, 0.25) is 5.02 Å². The highest BCUT2D eigenvalue weighted by atomic mass is 35.5. The lowest BCUT2D eigenvalue weighted by Gasteiger charge is -2.15. The first kappa shape index (κ1) is 12.0. The molecule has 0 N–H and O–H groups in total. The summed E-state index contributed by atoms with van der Waals surface area (Å²) in [5.41, 5.74) is 1.40. The van der Waals surface area contributed by atoms with E-state index in [0.717, 1.165) is 17.3 Å². The molecule has 17 heavy (non-hydrogen) atoms. The second kappa shape index (κ2) is 5.25. The largest absolute Gasteiger partial charge is 0.336 e. The molecule has 0 radical (unpaired) electrons. The number of amides is 1. The van der Waals surface area contributed by atoms with Crippen molar-refractivity contribution in [2.24, 2.45) is 0 Å². The first-order valence-corrected chi connectivity index (χ1v) is 6.05. The number of hydrogen-bond acceptors (Lipinski definition) is 4. The van der Waals surface area contributed by atoms with Gasteiger partial charge in [-0.2, -0.15) is 8.75 Å². The maximum absolute atomic E-state index is 11.9. The molecule has 0 spiro atoms. The molecular weight excluding hydrogens is 258 g/mol. The normalized spacial score (nSPS) is 10.2. The zero-order chi connectivity index (χ0) is 12.3.